The SMILES string of the molecule is COc1ccc(Cl)cc1NCC(=O)c1cccc(S(=O)(=O)N(C)C)c1. The highest BCUT2D eigenvalue weighted by molar-refractivity contribution is 7.89. The molecule has 6 nitrogen and oxygen atoms in total. The number of carbonyl (C=O) groups is 1. The van der Waals surface area contributed by atoms with Gasteiger partial charge in [-0.05, 0) is 30.3 Å². The number of benzene rings is 2. The van der Waals surface area contributed by atoms with Gasteiger partial charge in [-0.3, -0.25) is 4.79 Å². The highest BCUT2D eigenvalue weighted by Crippen LogP contribution is 2.27. The molecular formula is C17H19ClN2O4S. The third kappa shape index (κ3) is 4.50. The molecule has 0 aromatic heterocycles. The minimum atomic E-state index is -3.59. The number of ketones is 1. The van der Waals surface area contributed by atoms with E-state index in [1.54, 1.807) is 30.3 Å². The van der Waals surface area contributed by atoms with Crippen molar-refractivity contribution >= 4 is 33.1 Å². The Morgan fingerprint density at radius 3 is 2.56 bits per heavy atom. The number of rotatable bonds is 7. The van der Waals surface area contributed by atoms with E-state index in [1.165, 1.54) is 33.3 Å². The number of methoxy groups -OCH3 is 1. The number of hydrogen-bond donors (Lipinski definition) is 1. The molecule has 134 valence electrons. The van der Waals surface area contributed by atoms with Crippen LogP contribution in [-0.4, -0.2) is 46.3 Å². The fourth-order valence-corrected chi connectivity index (χ4v) is 3.26. The lowest BCUT2D eigenvalue weighted by Crippen LogP contribution is -2.22. The lowest BCUT2D eigenvalue weighted by molar-refractivity contribution is 0.101. The van der Waals surface area contributed by atoms with E-state index < -0.39 is 10.0 Å². The number of Topliss-reactive ketones (excluding diaryl/α,β-unsaturated/α-hetero) is 1. The van der Waals surface area contributed by atoms with Gasteiger partial charge >= 0.3 is 0 Å². The van der Waals surface area contributed by atoms with Gasteiger partial charge < -0.3 is 10.1 Å². The summed E-state index contributed by atoms with van der Waals surface area (Å²) in [7, 11) is 0.809. The van der Waals surface area contributed by atoms with E-state index in [4.69, 9.17) is 16.3 Å². The van der Waals surface area contributed by atoms with Crippen molar-refractivity contribution in [1.29, 1.82) is 0 Å². The van der Waals surface area contributed by atoms with Crippen LogP contribution in [0.1, 0.15) is 10.4 Å². The smallest absolute Gasteiger partial charge is 0.242 e. The third-order valence-electron chi connectivity index (χ3n) is 3.54. The Kier molecular flexibility index (Phi) is 6.05. The van der Waals surface area contributed by atoms with Crippen molar-refractivity contribution in [1.82, 2.24) is 4.31 Å². The second-order valence-electron chi connectivity index (χ2n) is 5.44. The van der Waals surface area contributed by atoms with Crippen LogP contribution in [0.4, 0.5) is 5.69 Å². The van der Waals surface area contributed by atoms with Crippen molar-refractivity contribution in [2.75, 3.05) is 33.1 Å². The van der Waals surface area contributed by atoms with Crippen molar-refractivity contribution in [2.45, 2.75) is 4.90 Å². The molecular weight excluding hydrogens is 364 g/mol. The number of hydrogen-bond acceptors (Lipinski definition) is 5. The van der Waals surface area contributed by atoms with Gasteiger partial charge in [-0.25, -0.2) is 12.7 Å². The standard InChI is InChI=1S/C17H19ClN2O4S/c1-20(2)25(22,23)14-6-4-5-12(9-14)16(21)11-19-15-10-13(18)7-8-17(15)24-3/h4-10,19H,11H2,1-3H3. The molecule has 0 aliphatic heterocycles. The number of ether oxygens (including phenoxy) is 1. The first-order valence-corrected chi connectivity index (χ1v) is 9.20. The molecule has 0 atom stereocenters. The minimum absolute atomic E-state index is 0.0256. The molecule has 0 bridgehead atoms. The monoisotopic (exact) mass is 382 g/mol. The summed E-state index contributed by atoms with van der Waals surface area (Å²) in [5.74, 6) is 0.305. The number of nitrogens with zero attached hydrogens (tertiary/aromatic N) is 1. The van der Waals surface area contributed by atoms with Crippen LogP contribution in [0.5, 0.6) is 5.75 Å². The molecule has 0 fully saturated rings. The zero-order valence-electron chi connectivity index (χ0n) is 14.1. The molecule has 8 heteroatoms. The van der Waals surface area contributed by atoms with Crippen LogP contribution in [0, 0.1) is 0 Å². The zero-order chi connectivity index (χ0) is 18.6. The first kappa shape index (κ1) is 19.2. The minimum Gasteiger partial charge on any atom is -0.495 e. The molecule has 2 rings (SSSR count). The van der Waals surface area contributed by atoms with E-state index in [0.717, 1.165) is 4.31 Å². The van der Waals surface area contributed by atoms with Crippen LogP contribution < -0.4 is 10.1 Å². The van der Waals surface area contributed by atoms with E-state index in [9.17, 15) is 13.2 Å². The molecule has 0 heterocycles. The van der Waals surface area contributed by atoms with Crippen LogP contribution in [-0.2, 0) is 10.0 Å². The van der Waals surface area contributed by atoms with Gasteiger partial charge in [0.25, 0.3) is 0 Å². The highest BCUT2D eigenvalue weighted by atomic mass is 35.5. The summed E-state index contributed by atoms with van der Waals surface area (Å²) in [5.41, 5.74) is 0.886. The number of halogens is 1. The molecule has 0 unspecified atom stereocenters. The van der Waals surface area contributed by atoms with Gasteiger partial charge in [0.05, 0.1) is 24.2 Å². The Labute approximate surface area is 152 Å². The van der Waals surface area contributed by atoms with Crippen LogP contribution >= 0.6 is 11.6 Å². The van der Waals surface area contributed by atoms with Crippen molar-refractivity contribution < 1.29 is 17.9 Å². The first-order chi connectivity index (χ1) is 11.8. The lowest BCUT2D eigenvalue weighted by Gasteiger charge is -2.13. The Bertz CT molecular complexity index is 882. The van der Waals surface area contributed by atoms with E-state index in [-0.39, 0.29) is 17.2 Å². The number of nitrogens with one attached hydrogen (secondary N) is 1. The summed E-state index contributed by atoms with van der Waals surface area (Å²) >= 11 is 5.95. The van der Waals surface area contributed by atoms with Gasteiger partial charge in [-0.15, -0.1) is 0 Å². The predicted octanol–water partition coefficient (Wildman–Crippen LogP) is 2.89. The first-order valence-electron chi connectivity index (χ1n) is 7.39. The van der Waals surface area contributed by atoms with Crippen molar-refractivity contribution in [2.24, 2.45) is 0 Å². The van der Waals surface area contributed by atoms with Crippen LogP contribution in [0.3, 0.4) is 0 Å². The van der Waals surface area contributed by atoms with E-state index in [2.05, 4.69) is 5.32 Å². The van der Waals surface area contributed by atoms with E-state index >= 15 is 0 Å². The molecule has 2 aromatic carbocycles. The van der Waals surface area contributed by atoms with E-state index in [1.807, 2.05) is 0 Å². The van der Waals surface area contributed by atoms with Gasteiger partial charge in [0.1, 0.15) is 5.75 Å². The summed E-state index contributed by atoms with van der Waals surface area (Å²) in [6.45, 7) is -0.0256. The number of sulfonamides is 1. The maximum absolute atomic E-state index is 12.4. The summed E-state index contributed by atoms with van der Waals surface area (Å²) in [6.07, 6.45) is 0. The van der Waals surface area contributed by atoms with Crippen LogP contribution in [0.25, 0.3) is 0 Å². The largest absolute Gasteiger partial charge is 0.495 e. The Hall–Kier alpha value is -2.09. The van der Waals surface area contributed by atoms with Gasteiger partial charge in [-0.1, -0.05) is 23.7 Å². The fourth-order valence-electron chi connectivity index (χ4n) is 2.14. The number of carbonyl (C=O) groups excluding carboxylic acids is 1. The van der Waals surface area contributed by atoms with Gasteiger partial charge in [0.2, 0.25) is 10.0 Å². The summed E-state index contributed by atoms with van der Waals surface area (Å²) < 4.78 is 30.7. The summed E-state index contributed by atoms with van der Waals surface area (Å²) in [6, 6.07) is 11.0. The van der Waals surface area contributed by atoms with Crippen molar-refractivity contribution in [3.8, 4) is 5.75 Å². The van der Waals surface area contributed by atoms with Crippen LogP contribution in [0.2, 0.25) is 5.02 Å². The summed E-state index contributed by atoms with van der Waals surface area (Å²) in [5, 5.41) is 3.47. The Morgan fingerprint density at radius 2 is 1.92 bits per heavy atom. The molecule has 0 radical (unpaired) electrons. The Morgan fingerprint density at radius 1 is 1.20 bits per heavy atom. The second kappa shape index (κ2) is 7.86. The topological polar surface area (TPSA) is 75.7 Å². The molecule has 0 saturated carbocycles. The fraction of sp³-hybridized carbons (Fsp3) is 0.235. The average molecular weight is 383 g/mol. The van der Waals surface area contributed by atoms with Crippen molar-refractivity contribution in [3.05, 3.63) is 53.1 Å². The normalized spacial score (nSPS) is 11.4. The van der Waals surface area contributed by atoms with E-state index in [0.29, 0.717) is 22.0 Å². The van der Waals surface area contributed by atoms with Crippen molar-refractivity contribution in [3.63, 3.8) is 0 Å². The van der Waals surface area contributed by atoms with Gasteiger partial charge in [0, 0.05) is 24.7 Å². The molecule has 0 saturated heterocycles. The molecule has 0 amide bonds. The molecule has 25 heavy (non-hydrogen) atoms. The molecule has 0 aliphatic rings. The third-order valence-corrected chi connectivity index (χ3v) is 5.58. The average Bonchev–Trinajstić information content (AvgIpc) is 2.59. The van der Waals surface area contributed by atoms with Gasteiger partial charge in [-0.2, -0.15) is 0 Å². The summed E-state index contributed by atoms with van der Waals surface area (Å²) in [4.78, 5) is 12.5. The van der Waals surface area contributed by atoms with Crippen LogP contribution in [0.15, 0.2) is 47.4 Å². The quantitative estimate of drug-likeness (QED) is 0.745. The molecule has 2 aromatic rings. The predicted molar refractivity (Wildman–Crippen MR) is 98.1 cm³/mol. The molecule has 1 N–H and O–H groups in total. The maximum atomic E-state index is 12.4. The molecule has 0 aliphatic carbocycles. The number of anilines is 1. The Balaban J connectivity index is 2.19. The highest BCUT2D eigenvalue weighted by Gasteiger charge is 2.18. The molecule has 0 spiro atoms. The van der Waals surface area contributed by atoms with Gasteiger partial charge in [0.15, 0.2) is 5.78 Å². The maximum Gasteiger partial charge on any atom is 0.242 e. The lowest BCUT2D eigenvalue weighted by atomic mass is 10.1. The second-order valence-corrected chi connectivity index (χ2v) is 8.02. The zero-order valence-corrected chi connectivity index (χ0v) is 15.7.